The second kappa shape index (κ2) is 5.11. The second-order valence-corrected chi connectivity index (χ2v) is 1.23. The average Bonchev–Trinajstić information content (AvgIpc) is 1.36. The van der Waals surface area contributed by atoms with Gasteiger partial charge in [0.05, 0.1) is 4.92 Å². The van der Waals surface area contributed by atoms with Crippen LogP contribution in [0.1, 0.15) is 0 Å². The van der Waals surface area contributed by atoms with Gasteiger partial charge in [-0.3, -0.25) is 15.8 Å². The topological polar surface area (TPSA) is 69.2 Å². The monoisotopic (exact) mass is 148 g/mol. The molecule has 1 unspecified atom stereocenters. The first-order valence-electron chi connectivity index (χ1n) is 1.21. The molecule has 6 heteroatoms. The summed E-state index contributed by atoms with van der Waals surface area (Å²) in [7, 11) is 0. The Hall–Kier alpha value is 0.970. The summed E-state index contributed by atoms with van der Waals surface area (Å²) in [6.45, 7) is 0. The number of rotatable bonds is 1. The summed E-state index contributed by atoms with van der Waals surface area (Å²) in [4.78, 5) is 8.61. The number of nitro groups is 1. The summed E-state index contributed by atoms with van der Waals surface area (Å²) in [6.07, 6.45) is 0. The summed E-state index contributed by atoms with van der Waals surface area (Å²) >= 11 is 3.27. The number of nitrogens with two attached hydrogens (primary N) is 1. The minimum atomic E-state index is -1.23. The predicted molar refractivity (Wildman–Crippen MR) is 24.0 cm³/mol. The Bertz CT molecular complexity index is 66.7. The molecule has 0 aliphatic carbocycles. The molecule has 0 amide bonds. The number of hydrogen-bond acceptors (Lipinski definition) is 4. The first kappa shape index (κ1) is 10.9. The molecule has 0 rings (SSSR count). The van der Waals surface area contributed by atoms with Crippen molar-refractivity contribution in [2.45, 2.75) is 5.50 Å². The molecule has 7 heavy (non-hydrogen) atoms. The zero-order valence-corrected chi connectivity index (χ0v) is 4.82. The van der Waals surface area contributed by atoms with Crippen LogP contribution in [0.15, 0.2) is 0 Å². The quantitative estimate of drug-likeness (QED) is 0.226. The fourth-order valence-corrected chi connectivity index (χ4v) is 0. The number of hydrogen-bond donors (Lipinski definition) is 2. The molecular formula is CH4ArN2O2S. The minimum Gasteiger partial charge on any atom is -0.262 e. The van der Waals surface area contributed by atoms with Crippen molar-refractivity contribution < 1.29 is 42.7 Å². The van der Waals surface area contributed by atoms with Crippen LogP contribution in [0.5, 0.6) is 0 Å². The van der Waals surface area contributed by atoms with Gasteiger partial charge in [0.2, 0.25) is 0 Å². The molecule has 0 spiro atoms. The molecule has 44 valence electrons. The van der Waals surface area contributed by atoms with Crippen LogP contribution < -0.4 is 5.73 Å². The minimum absolute atomic E-state index is 0. The van der Waals surface area contributed by atoms with Crippen LogP contribution in [-0.2, 0) is 0 Å². The Morgan fingerprint density at radius 1 is 1.86 bits per heavy atom. The van der Waals surface area contributed by atoms with Crippen LogP contribution in [0.2, 0.25) is 0 Å². The molecule has 0 aromatic rings. The van der Waals surface area contributed by atoms with E-state index in [0.29, 0.717) is 0 Å². The Labute approximate surface area is 76.0 Å². The smallest absolute Gasteiger partial charge is 0.262 e. The van der Waals surface area contributed by atoms with Gasteiger partial charge in [-0.1, -0.05) is 12.6 Å². The molecule has 0 saturated carbocycles. The van der Waals surface area contributed by atoms with Gasteiger partial charge in [0.25, 0.3) is 0 Å². The van der Waals surface area contributed by atoms with Gasteiger partial charge < -0.3 is 0 Å². The third-order valence-corrected chi connectivity index (χ3v) is 0.405. The molecule has 0 heterocycles. The zero-order valence-electron chi connectivity index (χ0n) is 3.22. The van der Waals surface area contributed by atoms with Gasteiger partial charge in [-0.15, -0.1) is 0 Å². The van der Waals surface area contributed by atoms with E-state index in [1.807, 2.05) is 0 Å². The van der Waals surface area contributed by atoms with Crippen molar-refractivity contribution in [1.82, 2.24) is 0 Å². The van der Waals surface area contributed by atoms with E-state index in [1.165, 1.54) is 0 Å². The third kappa shape index (κ3) is 6.97. The van der Waals surface area contributed by atoms with Crippen LogP contribution in [0.4, 0.5) is 0 Å². The zero-order chi connectivity index (χ0) is 5.15. The molecule has 0 aromatic carbocycles. The second-order valence-electron chi connectivity index (χ2n) is 0.699. The van der Waals surface area contributed by atoms with E-state index in [-0.39, 0.29) is 37.7 Å². The van der Waals surface area contributed by atoms with Gasteiger partial charge in [-0.2, -0.15) is 0 Å². The van der Waals surface area contributed by atoms with Crippen molar-refractivity contribution >= 4 is 12.6 Å². The average molecular weight is 148 g/mol. The molecule has 1 atom stereocenters. The van der Waals surface area contributed by atoms with Gasteiger partial charge >= 0.3 is 5.50 Å². The Kier molecular flexibility index (Phi) is 7.94. The molecule has 0 aliphatic rings. The Morgan fingerprint density at radius 2 is 2.00 bits per heavy atom. The molecule has 0 saturated heterocycles. The molecule has 0 aromatic heterocycles. The van der Waals surface area contributed by atoms with Crippen molar-refractivity contribution in [3.63, 3.8) is 0 Å². The van der Waals surface area contributed by atoms with Gasteiger partial charge in [0, 0.05) is 37.7 Å². The van der Waals surface area contributed by atoms with E-state index in [1.54, 1.807) is 0 Å². The van der Waals surface area contributed by atoms with Crippen LogP contribution in [0.25, 0.3) is 0 Å². The van der Waals surface area contributed by atoms with E-state index in [0.717, 1.165) is 0 Å². The van der Waals surface area contributed by atoms with E-state index in [9.17, 15) is 10.1 Å². The van der Waals surface area contributed by atoms with Crippen LogP contribution in [-0.4, -0.2) is 10.4 Å². The maximum absolute atomic E-state index is 9.30. The van der Waals surface area contributed by atoms with Crippen molar-refractivity contribution in [1.29, 1.82) is 0 Å². The Morgan fingerprint density at radius 3 is 2.00 bits per heavy atom. The van der Waals surface area contributed by atoms with Crippen LogP contribution in [0, 0.1) is 47.9 Å². The van der Waals surface area contributed by atoms with Gasteiger partial charge in [-0.25, -0.2) is 0 Å². The summed E-state index contributed by atoms with van der Waals surface area (Å²) in [5.74, 6) is 0. The number of thiol groups is 1. The largest absolute Gasteiger partial charge is 0.307 e. The maximum atomic E-state index is 9.30. The van der Waals surface area contributed by atoms with Gasteiger partial charge in [0.1, 0.15) is 0 Å². The summed E-state index contributed by atoms with van der Waals surface area (Å²) in [5, 5.41) is 9.30. The Balaban J connectivity index is 0. The van der Waals surface area contributed by atoms with Crippen LogP contribution in [0.3, 0.4) is 0 Å². The first-order valence-corrected chi connectivity index (χ1v) is 1.73. The van der Waals surface area contributed by atoms with E-state index in [4.69, 9.17) is 0 Å². The van der Waals surface area contributed by atoms with Crippen LogP contribution >= 0.6 is 12.6 Å². The van der Waals surface area contributed by atoms with E-state index >= 15 is 0 Å². The molecule has 0 fully saturated rings. The molecule has 0 radical (unpaired) electrons. The van der Waals surface area contributed by atoms with E-state index < -0.39 is 10.4 Å². The summed E-state index contributed by atoms with van der Waals surface area (Å²) < 4.78 is 0. The van der Waals surface area contributed by atoms with Crippen molar-refractivity contribution in [3.8, 4) is 0 Å². The number of nitrogens with zero attached hydrogens (tertiary/aromatic N) is 1. The maximum Gasteiger partial charge on any atom is 0.307 e. The van der Waals surface area contributed by atoms with Crippen molar-refractivity contribution in [3.05, 3.63) is 10.1 Å². The molecule has 0 aliphatic heterocycles. The standard InChI is InChI=1S/CH4N2O2S.Ar/c2-1(6)3(4)5;/h1,6H,2H2;. The molecule has 4 nitrogen and oxygen atoms in total. The van der Waals surface area contributed by atoms with Crippen molar-refractivity contribution in [2.24, 2.45) is 5.73 Å². The summed E-state index contributed by atoms with van der Waals surface area (Å²) in [6, 6.07) is 0. The van der Waals surface area contributed by atoms with Gasteiger partial charge in [0.15, 0.2) is 0 Å². The molecule has 2 N–H and O–H groups in total. The predicted octanol–water partition coefficient (Wildman–Crippen LogP) is -0.565. The molecular weight excluding hydrogens is 144 g/mol. The fraction of sp³-hybridized carbons (Fsp3) is 1.00. The fourth-order valence-electron chi connectivity index (χ4n) is 0. The summed E-state index contributed by atoms with van der Waals surface area (Å²) in [5.41, 5.74) is 3.37. The van der Waals surface area contributed by atoms with Crippen molar-refractivity contribution in [2.75, 3.05) is 0 Å². The van der Waals surface area contributed by atoms with E-state index in [2.05, 4.69) is 18.4 Å². The first-order chi connectivity index (χ1) is 2.64. The SMILES string of the molecule is NC(S)[N+](=O)[O-].[Ar]. The third-order valence-electron chi connectivity index (χ3n) is 0.216. The normalized spacial score (nSPS) is 11.7. The molecule has 0 bridgehead atoms. The van der Waals surface area contributed by atoms with Gasteiger partial charge in [-0.05, 0) is 0 Å².